The van der Waals surface area contributed by atoms with Crippen LogP contribution in [0.2, 0.25) is 0 Å². The molecule has 144 valence electrons. The van der Waals surface area contributed by atoms with E-state index in [0.29, 0.717) is 19.4 Å². The quantitative estimate of drug-likeness (QED) is 0.847. The van der Waals surface area contributed by atoms with E-state index in [9.17, 15) is 4.79 Å². The first-order valence-electron chi connectivity index (χ1n) is 9.80. The van der Waals surface area contributed by atoms with Gasteiger partial charge in [-0.2, -0.15) is 0 Å². The first-order chi connectivity index (χ1) is 12.5. The summed E-state index contributed by atoms with van der Waals surface area (Å²) in [4.78, 5) is 16.7. The van der Waals surface area contributed by atoms with Crippen molar-refractivity contribution in [2.45, 2.75) is 45.6 Å². The minimum atomic E-state index is 0.149. The molecule has 0 bridgehead atoms. The number of likely N-dealkylation sites (tertiary alicyclic amines) is 2. The van der Waals surface area contributed by atoms with Crippen LogP contribution in [0.15, 0.2) is 18.2 Å². The van der Waals surface area contributed by atoms with Crippen molar-refractivity contribution in [3.63, 3.8) is 0 Å². The molecular weight excluding hydrogens is 328 g/mol. The fourth-order valence-electron chi connectivity index (χ4n) is 4.57. The Balaban J connectivity index is 1.68. The lowest BCUT2D eigenvalue weighted by Crippen LogP contribution is -2.54. The molecular formula is C21H32N2O3. The molecule has 0 aromatic heterocycles. The summed E-state index contributed by atoms with van der Waals surface area (Å²) < 4.78 is 5.58. The third kappa shape index (κ3) is 4.38. The summed E-state index contributed by atoms with van der Waals surface area (Å²) in [5, 5.41) is 9.10. The summed E-state index contributed by atoms with van der Waals surface area (Å²) in [7, 11) is 1.74. The zero-order valence-corrected chi connectivity index (χ0v) is 16.2. The van der Waals surface area contributed by atoms with E-state index < -0.39 is 0 Å². The monoisotopic (exact) mass is 360 g/mol. The van der Waals surface area contributed by atoms with Gasteiger partial charge in [0, 0.05) is 50.2 Å². The smallest absolute Gasteiger partial charge is 0.222 e. The fourth-order valence-corrected chi connectivity index (χ4v) is 4.57. The number of piperidine rings is 2. The van der Waals surface area contributed by atoms with Gasteiger partial charge in [-0.15, -0.1) is 0 Å². The largest absolute Gasteiger partial charge is 0.496 e. The molecule has 5 nitrogen and oxygen atoms in total. The van der Waals surface area contributed by atoms with Crippen LogP contribution in [0.1, 0.15) is 43.2 Å². The first-order valence-corrected chi connectivity index (χ1v) is 9.80. The number of aliphatic hydroxyl groups is 1. The maximum atomic E-state index is 12.2. The van der Waals surface area contributed by atoms with Crippen molar-refractivity contribution >= 4 is 5.91 Å². The second-order valence-electron chi connectivity index (χ2n) is 8.02. The van der Waals surface area contributed by atoms with E-state index >= 15 is 0 Å². The molecule has 1 N–H and O–H groups in total. The molecule has 1 atom stereocenters. The molecule has 2 aliphatic rings. The summed E-state index contributed by atoms with van der Waals surface area (Å²) in [6.07, 6.45) is 4.68. The van der Waals surface area contributed by atoms with Crippen molar-refractivity contribution in [1.29, 1.82) is 0 Å². The summed E-state index contributed by atoms with van der Waals surface area (Å²) in [6.45, 7) is 6.79. The van der Waals surface area contributed by atoms with E-state index in [0.717, 1.165) is 38.3 Å². The number of ether oxygens (including phenoxy) is 1. The van der Waals surface area contributed by atoms with Crippen LogP contribution in [-0.4, -0.2) is 60.7 Å². The second-order valence-corrected chi connectivity index (χ2v) is 8.02. The molecule has 2 saturated heterocycles. The van der Waals surface area contributed by atoms with Crippen LogP contribution in [0.25, 0.3) is 0 Å². The van der Waals surface area contributed by atoms with Gasteiger partial charge in [0.15, 0.2) is 0 Å². The average Bonchev–Trinajstić information content (AvgIpc) is 2.64. The molecule has 1 amide bonds. The molecule has 2 aliphatic heterocycles. The Morgan fingerprint density at radius 3 is 2.88 bits per heavy atom. The van der Waals surface area contributed by atoms with Crippen LogP contribution < -0.4 is 4.74 Å². The van der Waals surface area contributed by atoms with Crippen molar-refractivity contribution in [2.75, 3.05) is 39.9 Å². The minimum Gasteiger partial charge on any atom is -0.496 e. The van der Waals surface area contributed by atoms with E-state index in [1.54, 1.807) is 7.11 Å². The number of carbonyl (C=O) groups is 1. The van der Waals surface area contributed by atoms with Crippen LogP contribution in [0, 0.1) is 12.3 Å². The molecule has 1 spiro atoms. The van der Waals surface area contributed by atoms with Crippen molar-refractivity contribution in [1.82, 2.24) is 9.80 Å². The predicted octanol–water partition coefficient (Wildman–Crippen LogP) is 2.59. The number of methoxy groups -OCH3 is 1. The molecule has 1 aromatic rings. The Labute approximate surface area is 156 Å². The number of nitrogens with zero attached hydrogens (tertiary/aromatic N) is 2. The average molecular weight is 360 g/mol. The van der Waals surface area contributed by atoms with Gasteiger partial charge < -0.3 is 14.7 Å². The van der Waals surface area contributed by atoms with Gasteiger partial charge in [0.2, 0.25) is 5.91 Å². The van der Waals surface area contributed by atoms with Gasteiger partial charge >= 0.3 is 0 Å². The van der Waals surface area contributed by atoms with Gasteiger partial charge in [-0.25, -0.2) is 0 Å². The number of carbonyl (C=O) groups excluding carboxylic acids is 1. The minimum absolute atomic E-state index is 0.149. The molecule has 3 rings (SSSR count). The summed E-state index contributed by atoms with van der Waals surface area (Å²) in [5.74, 6) is 1.22. The van der Waals surface area contributed by atoms with Gasteiger partial charge in [0.1, 0.15) is 5.75 Å². The van der Waals surface area contributed by atoms with Crippen molar-refractivity contribution < 1.29 is 14.6 Å². The summed E-state index contributed by atoms with van der Waals surface area (Å²) in [5.41, 5.74) is 2.66. The highest BCUT2D eigenvalue weighted by Gasteiger charge is 2.41. The molecule has 26 heavy (non-hydrogen) atoms. The molecule has 2 fully saturated rings. The van der Waals surface area contributed by atoms with Crippen LogP contribution >= 0.6 is 0 Å². The topological polar surface area (TPSA) is 53.0 Å². The van der Waals surface area contributed by atoms with Gasteiger partial charge in [-0.3, -0.25) is 9.69 Å². The highest BCUT2D eigenvalue weighted by atomic mass is 16.5. The van der Waals surface area contributed by atoms with E-state index in [4.69, 9.17) is 9.84 Å². The van der Waals surface area contributed by atoms with Crippen LogP contribution in [0.4, 0.5) is 0 Å². The second kappa shape index (κ2) is 8.40. The molecule has 0 aliphatic carbocycles. The third-order valence-corrected chi connectivity index (χ3v) is 5.91. The summed E-state index contributed by atoms with van der Waals surface area (Å²) >= 11 is 0. The number of aliphatic hydroxyl groups excluding tert-OH is 1. The maximum absolute atomic E-state index is 12.2. The van der Waals surface area contributed by atoms with Crippen molar-refractivity contribution in [3.8, 4) is 5.75 Å². The number of hydrogen-bond donors (Lipinski definition) is 1. The van der Waals surface area contributed by atoms with Crippen LogP contribution in [-0.2, 0) is 11.3 Å². The number of amides is 1. The SMILES string of the molecule is COc1cc(C)ccc1CN1CCC[C@]2(CCC(=O)N(CCCO)C2)C1. The molecule has 0 unspecified atom stereocenters. The highest BCUT2D eigenvalue weighted by molar-refractivity contribution is 5.77. The standard InChI is InChI=1S/C21H32N2O3/c1-17-5-6-18(19(13-17)26-2)14-22-10-3-8-21(15-22)9-7-20(25)23(16-21)11-4-12-24/h5-6,13,24H,3-4,7-12,14-16H2,1-2H3/t21-/m0/s1. The molecule has 0 saturated carbocycles. The molecule has 5 heteroatoms. The Hall–Kier alpha value is -1.59. The highest BCUT2D eigenvalue weighted by Crippen LogP contribution is 2.39. The molecule has 0 radical (unpaired) electrons. The normalized spacial score (nSPS) is 24.3. The van der Waals surface area contributed by atoms with Crippen LogP contribution in [0.3, 0.4) is 0 Å². The Morgan fingerprint density at radius 2 is 2.12 bits per heavy atom. The maximum Gasteiger partial charge on any atom is 0.222 e. The lowest BCUT2D eigenvalue weighted by molar-refractivity contribution is -0.139. The predicted molar refractivity (Wildman–Crippen MR) is 102 cm³/mol. The molecule has 2 heterocycles. The number of hydrogen-bond acceptors (Lipinski definition) is 4. The fraction of sp³-hybridized carbons (Fsp3) is 0.667. The Kier molecular flexibility index (Phi) is 6.20. The van der Waals surface area contributed by atoms with Gasteiger partial charge in [0.25, 0.3) is 0 Å². The lowest BCUT2D eigenvalue weighted by Gasteiger charge is -2.48. The van der Waals surface area contributed by atoms with Crippen molar-refractivity contribution in [3.05, 3.63) is 29.3 Å². The Morgan fingerprint density at radius 1 is 1.27 bits per heavy atom. The zero-order valence-electron chi connectivity index (χ0n) is 16.2. The van der Waals surface area contributed by atoms with Crippen LogP contribution in [0.5, 0.6) is 5.75 Å². The van der Waals surface area contributed by atoms with E-state index in [1.807, 2.05) is 4.90 Å². The van der Waals surface area contributed by atoms with Gasteiger partial charge in [-0.1, -0.05) is 12.1 Å². The van der Waals surface area contributed by atoms with E-state index in [2.05, 4.69) is 30.0 Å². The van der Waals surface area contributed by atoms with Gasteiger partial charge in [-0.05, 0) is 50.8 Å². The van der Waals surface area contributed by atoms with Crippen molar-refractivity contribution in [2.24, 2.45) is 5.41 Å². The van der Waals surface area contributed by atoms with Gasteiger partial charge in [0.05, 0.1) is 7.11 Å². The Bertz CT molecular complexity index is 634. The van der Waals surface area contributed by atoms with E-state index in [-0.39, 0.29) is 17.9 Å². The molecule has 1 aromatic carbocycles. The number of aryl methyl sites for hydroxylation is 1. The third-order valence-electron chi connectivity index (χ3n) is 5.91. The number of rotatable bonds is 6. The van der Waals surface area contributed by atoms with E-state index in [1.165, 1.54) is 24.0 Å². The zero-order chi connectivity index (χ0) is 18.6. The summed E-state index contributed by atoms with van der Waals surface area (Å²) in [6, 6.07) is 6.42. The number of benzene rings is 1. The first kappa shape index (κ1) is 19.2. The lowest BCUT2D eigenvalue weighted by atomic mass is 9.73.